The zero-order chi connectivity index (χ0) is 11.7. The van der Waals surface area contributed by atoms with Crippen molar-refractivity contribution in [3.63, 3.8) is 0 Å². The molecule has 1 unspecified atom stereocenters. The summed E-state index contributed by atoms with van der Waals surface area (Å²) in [6, 6.07) is 8.24. The second kappa shape index (κ2) is 4.08. The van der Waals surface area contributed by atoms with E-state index in [0.29, 0.717) is 6.42 Å². The van der Waals surface area contributed by atoms with Crippen LogP contribution in [0.15, 0.2) is 29.4 Å². The lowest BCUT2D eigenvalue weighted by molar-refractivity contribution is -0.130. The Kier molecular flexibility index (Phi) is 2.77. The number of carbonyl (C=O) groups is 1. The van der Waals surface area contributed by atoms with E-state index in [1.54, 1.807) is 5.01 Å². The number of amides is 1. The molecular formula is C13H16N2O. The Hall–Kier alpha value is -1.64. The molecule has 3 nitrogen and oxygen atoms in total. The normalized spacial score (nSPS) is 17.6. The highest BCUT2D eigenvalue weighted by atomic mass is 16.2. The van der Waals surface area contributed by atoms with Crippen molar-refractivity contribution in [1.29, 1.82) is 0 Å². The monoisotopic (exact) mass is 216 g/mol. The predicted octanol–water partition coefficient (Wildman–Crippen LogP) is 2.66. The summed E-state index contributed by atoms with van der Waals surface area (Å²) >= 11 is 0. The second-order valence-electron chi connectivity index (χ2n) is 4.34. The molecule has 1 aliphatic rings. The van der Waals surface area contributed by atoms with Gasteiger partial charge in [-0.05, 0) is 26.3 Å². The van der Waals surface area contributed by atoms with Crippen LogP contribution in [0.4, 0.5) is 0 Å². The summed E-state index contributed by atoms with van der Waals surface area (Å²) in [6.07, 6.45) is 0.455. The van der Waals surface area contributed by atoms with E-state index in [1.165, 1.54) is 5.56 Å². The van der Waals surface area contributed by atoms with Crippen molar-refractivity contribution < 1.29 is 4.79 Å². The van der Waals surface area contributed by atoms with Crippen molar-refractivity contribution in [3.05, 3.63) is 35.4 Å². The molecule has 16 heavy (non-hydrogen) atoms. The van der Waals surface area contributed by atoms with E-state index >= 15 is 0 Å². The summed E-state index contributed by atoms with van der Waals surface area (Å²) in [5, 5.41) is 5.85. The molecule has 1 atom stereocenters. The Morgan fingerprint density at radius 2 is 1.88 bits per heavy atom. The van der Waals surface area contributed by atoms with Crippen LogP contribution in [0.1, 0.15) is 37.4 Å². The summed E-state index contributed by atoms with van der Waals surface area (Å²) in [5.41, 5.74) is 3.24. The minimum absolute atomic E-state index is 0.0190. The molecule has 0 saturated carbocycles. The molecule has 1 amide bonds. The number of nitrogens with zero attached hydrogens (tertiary/aromatic N) is 2. The quantitative estimate of drug-likeness (QED) is 0.748. The van der Waals surface area contributed by atoms with Crippen LogP contribution in [0.3, 0.4) is 0 Å². The predicted molar refractivity (Wildman–Crippen MR) is 64.2 cm³/mol. The van der Waals surface area contributed by atoms with Gasteiger partial charge in [0.05, 0.1) is 12.5 Å². The van der Waals surface area contributed by atoms with Gasteiger partial charge < -0.3 is 0 Å². The van der Waals surface area contributed by atoms with E-state index in [0.717, 1.165) is 11.3 Å². The van der Waals surface area contributed by atoms with Crippen LogP contribution < -0.4 is 0 Å². The van der Waals surface area contributed by atoms with Crippen LogP contribution in [-0.2, 0) is 4.79 Å². The Morgan fingerprint density at radius 1 is 1.25 bits per heavy atom. The maximum atomic E-state index is 11.7. The molecule has 0 spiro atoms. The topological polar surface area (TPSA) is 32.7 Å². The van der Waals surface area contributed by atoms with Gasteiger partial charge in [0.25, 0.3) is 0 Å². The molecule has 0 radical (unpaired) electrons. The number of aryl methyl sites for hydroxylation is 1. The molecule has 1 aromatic carbocycles. The first-order chi connectivity index (χ1) is 7.58. The zero-order valence-electron chi connectivity index (χ0n) is 9.90. The molecule has 1 aromatic rings. The molecule has 0 aliphatic carbocycles. The summed E-state index contributed by atoms with van der Waals surface area (Å²) in [5.74, 6) is 0.0885. The molecule has 84 valence electrons. The Labute approximate surface area is 95.8 Å². The second-order valence-corrected chi connectivity index (χ2v) is 4.34. The van der Waals surface area contributed by atoms with Gasteiger partial charge >= 0.3 is 0 Å². The van der Waals surface area contributed by atoms with Gasteiger partial charge in [0.15, 0.2) is 0 Å². The number of carbonyl (C=O) groups excluding carboxylic acids is 1. The van der Waals surface area contributed by atoms with Gasteiger partial charge in [-0.25, -0.2) is 5.01 Å². The van der Waals surface area contributed by atoms with Crippen molar-refractivity contribution in [3.8, 4) is 0 Å². The fraction of sp³-hybridized carbons (Fsp3) is 0.385. The van der Waals surface area contributed by atoms with Gasteiger partial charge in [-0.2, -0.15) is 5.10 Å². The molecule has 2 rings (SSSR count). The minimum Gasteiger partial charge on any atom is -0.273 e. The maximum absolute atomic E-state index is 11.7. The fourth-order valence-corrected chi connectivity index (χ4v) is 1.86. The highest BCUT2D eigenvalue weighted by molar-refractivity contribution is 6.03. The number of hydrogen-bond donors (Lipinski definition) is 0. The van der Waals surface area contributed by atoms with Crippen molar-refractivity contribution in [2.24, 2.45) is 5.10 Å². The van der Waals surface area contributed by atoms with Crippen LogP contribution in [0.2, 0.25) is 0 Å². The number of rotatable bonds is 2. The third-order valence-electron chi connectivity index (χ3n) is 2.87. The van der Waals surface area contributed by atoms with Gasteiger partial charge in [-0.15, -0.1) is 0 Å². The highest BCUT2D eigenvalue weighted by Gasteiger charge is 2.26. The van der Waals surface area contributed by atoms with Crippen LogP contribution >= 0.6 is 0 Å². The van der Waals surface area contributed by atoms with Crippen molar-refractivity contribution in [2.45, 2.75) is 33.2 Å². The molecule has 0 bridgehead atoms. The smallest absolute Gasteiger partial charge is 0.248 e. The molecule has 0 fully saturated rings. The van der Waals surface area contributed by atoms with Gasteiger partial charge in [0.2, 0.25) is 5.91 Å². The lowest BCUT2D eigenvalue weighted by Crippen LogP contribution is -2.24. The summed E-state index contributed by atoms with van der Waals surface area (Å²) in [4.78, 5) is 11.7. The molecule has 1 heterocycles. The maximum Gasteiger partial charge on any atom is 0.248 e. The minimum atomic E-state index is 0.0190. The number of hydrogen-bond acceptors (Lipinski definition) is 2. The van der Waals surface area contributed by atoms with Crippen LogP contribution in [0, 0.1) is 6.92 Å². The average molecular weight is 216 g/mol. The van der Waals surface area contributed by atoms with Gasteiger partial charge in [-0.3, -0.25) is 4.79 Å². The third kappa shape index (κ3) is 1.98. The standard InChI is InChI=1S/C13H16N2O/c1-9-4-6-12(7-5-9)11(3)15-13(16)8-10(2)14-15/h4-7,11H,8H2,1-3H3. The van der Waals surface area contributed by atoms with Crippen molar-refractivity contribution in [2.75, 3.05) is 0 Å². The van der Waals surface area contributed by atoms with Gasteiger partial charge in [0, 0.05) is 5.71 Å². The van der Waals surface area contributed by atoms with Crippen molar-refractivity contribution >= 4 is 11.6 Å². The summed E-state index contributed by atoms with van der Waals surface area (Å²) in [7, 11) is 0. The van der Waals surface area contributed by atoms with Crippen LogP contribution in [0.5, 0.6) is 0 Å². The van der Waals surface area contributed by atoms with E-state index in [4.69, 9.17) is 0 Å². The van der Waals surface area contributed by atoms with Gasteiger partial charge in [0.1, 0.15) is 0 Å². The highest BCUT2D eigenvalue weighted by Crippen LogP contribution is 2.24. The molecule has 0 saturated heterocycles. The largest absolute Gasteiger partial charge is 0.273 e. The first-order valence-corrected chi connectivity index (χ1v) is 5.50. The Balaban J connectivity index is 2.22. The van der Waals surface area contributed by atoms with E-state index in [-0.39, 0.29) is 11.9 Å². The Bertz CT molecular complexity index is 434. The lowest BCUT2D eigenvalue weighted by atomic mass is 10.1. The van der Waals surface area contributed by atoms with E-state index < -0.39 is 0 Å². The SMILES string of the molecule is CC1=NN(C(C)c2ccc(C)cc2)C(=O)C1. The summed E-state index contributed by atoms with van der Waals surface area (Å²) in [6.45, 7) is 5.95. The number of hydrazone groups is 1. The van der Waals surface area contributed by atoms with E-state index in [1.807, 2.05) is 13.8 Å². The lowest BCUT2D eigenvalue weighted by Gasteiger charge is -2.21. The summed E-state index contributed by atoms with van der Waals surface area (Å²) < 4.78 is 0. The fourth-order valence-electron chi connectivity index (χ4n) is 1.86. The first kappa shape index (κ1) is 10.9. The van der Waals surface area contributed by atoms with E-state index in [2.05, 4.69) is 36.3 Å². The average Bonchev–Trinajstić information content (AvgIpc) is 2.58. The van der Waals surface area contributed by atoms with Crippen molar-refractivity contribution in [1.82, 2.24) is 5.01 Å². The Morgan fingerprint density at radius 3 is 2.38 bits per heavy atom. The van der Waals surface area contributed by atoms with Crippen LogP contribution in [0.25, 0.3) is 0 Å². The molecule has 1 aliphatic heterocycles. The van der Waals surface area contributed by atoms with Crippen LogP contribution in [-0.4, -0.2) is 16.6 Å². The molecule has 3 heteroatoms. The molecule has 0 aromatic heterocycles. The molecule has 0 N–H and O–H groups in total. The molecular weight excluding hydrogens is 200 g/mol. The van der Waals surface area contributed by atoms with Gasteiger partial charge in [-0.1, -0.05) is 29.8 Å². The van der Waals surface area contributed by atoms with E-state index in [9.17, 15) is 4.79 Å². The zero-order valence-corrected chi connectivity index (χ0v) is 9.90. The third-order valence-corrected chi connectivity index (χ3v) is 2.87. The first-order valence-electron chi connectivity index (χ1n) is 5.50. The number of benzene rings is 1.